The first-order valence-corrected chi connectivity index (χ1v) is 10.5. The number of hydrogen-bond donors (Lipinski definition) is 1. The number of aryl methyl sites for hydroxylation is 1. The quantitative estimate of drug-likeness (QED) is 0.645. The van der Waals surface area contributed by atoms with Gasteiger partial charge < -0.3 is 15.0 Å². The van der Waals surface area contributed by atoms with Crippen LogP contribution in [0.2, 0.25) is 0 Å². The monoisotopic (exact) mass is 423 g/mol. The maximum atomic E-state index is 13.2. The number of rotatable bonds is 8. The minimum Gasteiger partial charge on any atom is -0.494 e. The average Bonchev–Trinajstić information content (AvgIpc) is 2.94. The van der Waals surface area contributed by atoms with E-state index in [2.05, 4.69) is 5.32 Å². The molecule has 0 saturated carbocycles. The van der Waals surface area contributed by atoms with Crippen molar-refractivity contribution in [1.29, 1.82) is 0 Å². The number of hydrogen-bond acceptors (Lipinski definition) is 4. The Hall–Kier alpha value is -3.35. The van der Waals surface area contributed by atoms with Crippen LogP contribution in [0.3, 0.4) is 0 Å². The van der Waals surface area contributed by atoms with Crippen molar-refractivity contribution >= 4 is 29.2 Å². The van der Waals surface area contributed by atoms with E-state index in [0.29, 0.717) is 30.3 Å². The van der Waals surface area contributed by atoms with Crippen LogP contribution in [0.15, 0.2) is 48.5 Å². The fourth-order valence-electron chi connectivity index (χ4n) is 3.55. The maximum Gasteiger partial charge on any atom is 0.332 e. The van der Waals surface area contributed by atoms with Crippen LogP contribution in [0, 0.1) is 12.8 Å². The summed E-state index contributed by atoms with van der Waals surface area (Å²) in [5.41, 5.74) is 2.16. The molecule has 1 fully saturated rings. The highest BCUT2D eigenvalue weighted by Crippen LogP contribution is 2.28. The van der Waals surface area contributed by atoms with Crippen molar-refractivity contribution in [1.82, 2.24) is 4.90 Å². The van der Waals surface area contributed by atoms with E-state index in [4.69, 9.17) is 4.74 Å². The van der Waals surface area contributed by atoms with Crippen molar-refractivity contribution in [2.45, 2.75) is 40.2 Å². The molecule has 1 aliphatic heterocycles. The van der Waals surface area contributed by atoms with Crippen molar-refractivity contribution in [3.63, 3.8) is 0 Å². The topological polar surface area (TPSA) is 79.0 Å². The number of nitrogens with zero attached hydrogens (tertiary/aromatic N) is 2. The standard InChI is InChI=1S/C24H29N3O4/c1-5-31-20-12-8-18(9-13-20)25-22(28)14-21-23(29)27(19-10-6-17(4)7-11-19)24(30)26(21)15-16(2)3/h6-13,16,21H,5,14-15H2,1-4H3,(H,25,28)/t21-/m1/s1. The molecule has 4 amide bonds. The molecule has 1 atom stereocenters. The number of carbonyl (C=O) groups is 3. The van der Waals surface area contributed by atoms with E-state index in [1.54, 1.807) is 36.4 Å². The molecule has 164 valence electrons. The van der Waals surface area contributed by atoms with E-state index >= 15 is 0 Å². The maximum absolute atomic E-state index is 13.2. The van der Waals surface area contributed by atoms with Gasteiger partial charge >= 0.3 is 6.03 Å². The van der Waals surface area contributed by atoms with Crippen molar-refractivity contribution < 1.29 is 19.1 Å². The first kappa shape index (κ1) is 22.3. The molecule has 7 heteroatoms. The molecular weight excluding hydrogens is 394 g/mol. The van der Waals surface area contributed by atoms with Crippen LogP contribution < -0.4 is 15.0 Å². The summed E-state index contributed by atoms with van der Waals surface area (Å²) in [7, 11) is 0. The van der Waals surface area contributed by atoms with Gasteiger partial charge in [0.15, 0.2) is 0 Å². The summed E-state index contributed by atoms with van der Waals surface area (Å²) >= 11 is 0. The van der Waals surface area contributed by atoms with Gasteiger partial charge in [0, 0.05) is 12.2 Å². The third-order valence-corrected chi connectivity index (χ3v) is 5.00. The third-order valence-electron chi connectivity index (χ3n) is 5.00. The summed E-state index contributed by atoms with van der Waals surface area (Å²) in [6.45, 7) is 8.75. The predicted octanol–water partition coefficient (Wildman–Crippen LogP) is 4.22. The smallest absolute Gasteiger partial charge is 0.332 e. The highest BCUT2D eigenvalue weighted by molar-refractivity contribution is 6.22. The number of anilines is 2. The minimum atomic E-state index is -0.834. The second-order valence-corrected chi connectivity index (χ2v) is 8.06. The van der Waals surface area contributed by atoms with Crippen molar-refractivity contribution in [3.05, 3.63) is 54.1 Å². The van der Waals surface area contributed by atoms with Crippen molar-refractivity contribution in [2.75, 3.05) is 23.4 Å². The number of imide groups is 1. The lowest BCUT2D eigenvalue weighted by Crippen LogP contribution is -2.40. The zero-order chi connectivity index (χ0) is 22.5. The van der Waals surface area contributed by atoms with Gasteiger partial charge in [-0.15, -0.1) is 0 Å². The summed E-state index contributed by atoms with van der Waals surface area (Å²) in [4.78, 5) is 41.6. The van der Waals surface area contributed by atoms with Crippen molar-refractivity contribution in [3.8, 4) is 5.75 Å². The summed E-state index contributed by atoms with van der Waals surface area (Å²) < 4.78 is 5.40. The number of ether oxygens (including phenoxy) is 1. The van der Waals surface area contributed by atoms with Gasteiger partial charge in [-0.1, -0.05) is 31.5 Å². The molecule has 7 nitrogen and oxygen atoms in total. The second kappa shape index (κ2) is 9.64. The number of benzene rings is 2. The molecule has 31 heavy (non-hydrogen) atoms. The first-order valence-electron chi connectivity index (χ1n) is 10.5. The Morgan fingerprint density at radius 1 is 1.06 bits per heavy atom. The van der Waals surface area contributed by atoms with Gasteiger partial charge in [0.2, 0.25) is 5.91 Å². The van der Waals surface area contributed by atoms with E-state index in [-0.39, 0.29) is 30.2 Å². The van der Waals surface area contributed by atoms with E-state index in [1.165, 1.54) is 9.80 Å². The zero-order valence-corrected chi connectivity index (χ0v) is 18.4. The highest BCUT2D eigenvalue weighted by Gasteiger charge is 2.46. The molecule has 3 rings (SSSR count). The number of carbonyl (C=O) groups excluding carboxylic acids is 3. The Kier molecular flexibility index (Phi) is 6.95. The normalized spacial score (nSPS) is 16.2. The van der Waals surface area contributed by atoms with Crippen LogP contribution in [-0.2, 0) is 9.59 Å². The molecule has 0 unspecified atom stereocenters. The Morgan fingerprint density at radius 2 is 1.71 bits per heavy atom. The van der Waals surface area contributed by atoms with Crippen LogP contribution in [0.1, 0.15) is 32.8 Å². The predicted molar refractivity (Wildman–Crippen MR) is 120 cm³/mol. The molecule has 0 aromatic heterocycles. The van der Waals surface area contributed by atoms with E-state index in [0.717, 1.165) is 5.56 Å². The van der Waals surface area contributed by atoms with Crippen LogP contribution in [-0.4, -0.2) is 41.9 Å². The molecule has 0 radical (unpaired) electrons. The molecule has 1 heterocycles. The van der Waals surface area contributed by atoms with Gasteiger partial charge in [-0.05, 0) is 56.2 Å². The number of amides is 4. The molecule has 1 saturated heterocycles. The summed E-state index contributed by atoms with van der Waals surface area (Å²) in [5.74, 6) is 0.173. The molecule has 0 aliphatic carbocycles. The molecule has 0 bridgehead atoms. The zero-order valence-electron chi connectivity index (χ0n) is 18.4. The summed E-state index contributed by atoms with van der Waals surface area (Å²) in [6, 6.07) is 13.0. The van der Waals surface area contributed by atoms with Crippen LogP contribution in [0.5, 0.6) is 5.75 Å². The molecule has 2 aromatic carbocycles. The summed E-state index contributed by atoms with van der Waals surface area (Å²) in [5, 5.41) is 2.81. The van der Waals surface area contributed by atoms with Crippen LogP contribution in [0.4, 0.5) is 16.2 Å². The lowest BCUT2D eigenvalue weighted by Gasteiger charge is -2.23. The SMILES string of the molecule is CCOc1ccc(NC(=O)C[C@@H]2C(=O)N(c3ccc(C)cc3)C(=O)N2CC(C)C)cc1. The van der Waals surface area contributed by atoms with Crippen LogP contribution in [0.25, 0.3) is 0 Å². The van der Waals surface area contributed by atoms with E-state index < -0.39 is 6.04 Å². The molecular formula is C24H29N3O4. The highest BCUT2D eigenvalue weighted by atomic mass is 16.5. The molecule has 1 aliphatic rings. The van der Waals surface area contributed by atoms with E-state index in [1.807, 2.05) is 39.8 Å². The van der Waals surface area contributed by atoms with Gasteiger partial charge in [-0.2, -0.15) is 0 Å². The minimum absolute atomic E-state index is 0.104. The van der Waals surface area contributed by atoms with E-state index in [9.17, 15) is 14.4 Å². The van der Waals surface area contributed by atoms with Gasteiger partial charge in [-0.3, -0.25) is 9.59 Å². The Balaban J connectivity index is 1.76. The fourth-order valence-corrected chi connectivity index (χ4v) is 3.55. The number of urea groups is 1. The largest absolute Gasteiger partial charge is 0.494 e. The lowest BCUT2D eigenvalue weighted by molar-refractivity contribution is -0.124. The summed E-state index contributed by atoms with van der Waals surface area (Å²) in [6.07, 6.45) is -0.104. The third kappa shape index (κ3) is 5.23. The molecule has 1 N–H and O–H groups in total. The van der Waals surface area contributed by atoms with Gasteiger partial charge in [0.25, 0.3) is 5.91 Å². The first-order chi connectivity index (χ1) is 14.8. The van der Waals surface area contributed by atoms with Crippen LogP contribution >= 0.6 is 0 Å². The Morgan fingerprint density at radius 3 is 2.29 bits per heavy atom. The Labute approximate surface area is 183 Å². The lowest BCUT2D eigenvalue weighted by atomic mass is 10.1. The van der Waals surface area contributed by atoms with Crippen molar-refractivity contribution in [2.24, 2.45) is 5.92 Å². The Bertz CT molecular complexity index is 938. The second-order valence-electron chi connectivity index (χ2n) is 8.06. The average molecular weight is 424 g/mol. The van der Waals surface area contributed by atoms with Gasteiger partial charge in [-0.25, -0.2) is 9.69 Å². The van der Waals surface area contributed by atoms with Gasteiger partial charge in [0.1, 0.15) is 11.8 Å². The van der Waals surface area contributed by atoms with Gasteiger partial charge in [0.05, 0.1) is 18.7 Å². The molecule has 0 spiro atoms. The molecule has 2 aromatic rings. The number of nitrogens with one attached hydrogen (secondary N) is 1. The fraction of sp³-hybridized carbons (Fsp3) is 0.375.